The molecule has 0 aliphatic heterocycles. The molecule has 15 heavy (non-hydrogen) atoms. The van der Waals surface area contributed by atoms with Crippen LogP contribution in [0.1, 0.15) is 12.5 Å². The molecular weight excluding hydrogens is 197 g/mol. The van der Waals surface area contributed by atoms with Crippen LogP contribution in [0.3, 0.4) is 0 Å². The molecule has 2 unspecified atom stereocenters. The van der Waals surface area contributed by atoms with E-state index in [-0.39, 0.29) is 11.6 Å². The third kappa shape index (κ3) is 3.42. The summed E-state index contributed by atoms with van der Waals surface area (Å²) < 4.78 is 12.6. The maximum Gasteiger partial charge on any atom is 0.159 e. The number of nitrogens with two attached hydrogens (primary N) is 1. The number of carbonyl (C=O) groups excluding carboxylic acids is 1. The van der Waals surface area contributed by atoms with Crippen molar-refractivity contribution in [1.82, 2.24) is 0 Å². The van der Waals surface area contributed by atoms with Gasteiger partial charge in [-0.1, -0.05) is 12.1 Å². The van der Waals surface area contributed by atoms with Gasteiger partial charge in [-0.2, -0.15) is 0 Å². The molecule has 0 saturated carbocycles. The van der Waals surface area contributed by atoms with E-state index in [9.17, 15) is 14.3 Å². The summed E-state index contributed by atoms with van der Waals surface area (Å²) in [7, 11) is 0. The molecule has 3 N–H and O–H groups in total. The van der Waals surface area contributed by atoms with E-state index < -0.39 is 12.1 Å². The average molecular weight is 211 g/mol. The minimum absolute atomic E-state index is 0.320. The van der Waals surface area contributed by atoms with Gasteiger partial charge in [-0.3, -0.25) is 4.79 Å². The fourth-order valence-corrected chi connectivity index (χ4v) is 1.31. The SMILES string of the molecule is CC(=O)C(O)C(N)Cc1ccc(F)cc1. The van der Waals surface area contributed by atoms with Crippen LogP contribution >= 0.6 is 0 Å². The number of halogens is 1. The van der Waals surface area contributed by atoms with E-state index in [2.05, 4.69) is 0 Å². The first kappa shape index (κ1) is 11.8. The summed E-state index contributed by atoms with van der Waals surface area (Å²) in [6, 6.07) is 5.17. The Bertz CT molecular complexity index is 337. The molecule has 1 rings (SSSR count). The van der Waals surface area contributed by atoms with Gasteiger partial charge in [0.2, 0.25) is 0 Å². The number of hydrogen-bond acceptors (Lipinski definition) is 3. The summed E-state index contributed by atoms with van der Waals surface area (Å²) >= 11 is 0. The summed E-state index contributed by atoms with van der Waals surface area (Å²) in [5.41, 5.74) is 6.42. The van der Waals surface area contributed by atoms with Crippen LogP contribution in [0.25, 0.3) is 0 Å². The van der Waals surface area contributed by atoms with Crippen molar-refractivity contribution in [2.24, 2.45) is 5.73 Å². The van der Waals surface area contributed by atoms with Crippen LogP contribution in [0.4, 0.5) is 4.39 Å². The van der Waals surface area contributed by atoms with Gasteiger partial charge in [-0.15, -0.1) is 0 Å². The van der Waals surface area contributed by atoms with Gasteiger partial charge in [0.25, 0.3) is 0 Å². The van der Waals surface area contributed by atoms with Crippen LogP contribution < -0.4 is 5.73 Å². The minimum Gasteiger partial charge on any atom is -0.384 e. The van der Waals surface area contributed by atoms with E-state index in [0.29, 0.717) is 6.42 Å². The second-order valence-corrected chi connectivity index (χ2v) is 3.55. The quantitative estimate of drug-likeness (QED) is 0.768. The molecule has 0 aliphatic carbocycles. The first-order chi connectivity index (χ1) is 7.00. The summed E-state index contributed by atoms with van der Waals surface area (Å²) in [4.78, 5) is 10.8. The number of aliphatic hydroxyl groups excluding tert-OH is 1. The lowest BCUT2D eigenvalue weighted by atomic mass is 10.0. The van der Waals surface area contributed by atoms with Gasteiger partial charge in [-0.05, 0) is 31.0 Å². The van der Waals surface area contributed by atoms with Gasteiger partial charge in [-0.25, -0.2) is 4.39 Å². The van der Waals surface area contributed by atoms with Crippen LogP contribution in [-0.4, -0.2) is 23.0 Å². The zero-order chi connectivity index (χ0) is 11.4. The summed E-state index contributed by atoms with van der Waals surface area (Å²) in [5, 5.41) is 9.36. The largest absolute Gasteiger partial charge is 0.384 e. The predicted molar refractivity (Wildman–Crippen MR) is 54.8 cm³/mol. The zero-order valence-electron chi connectivity index (χ0n) is 8.48. The van der Waals surface area contributed by atoms with Crippen molar-refractivity contribution < 1.29 is 14.3 Å². The molecule has 0 fully saturated rings. The van der Waals surface area contributed by atoms with Crippen molar-refractivity contribution in [3.63, 3.8) is 0 Å². The maximum atomic E-state index is 12.6. The third-order valence-electron chi connectivity index (χ3n) is 2.21. The van der Waals surface area contributed by atoms with Crippen LogP contribution in [0.2, 0.25) is 0 Å². The van der Waals surface area contributed by atoms with E-state index in [1.165, 1.54) is 19.1 Å². The van der Waals surface area contributed by atoms with Gasteiger partial charge in [0.15, 0.2) is 5.78 Å². The molecule has 4 heteroatoms. The van der Waals surface area contributed by atoms with Gasteiger partial charge in [0.1, 0.15) is 11.9 Å². The zero-order valence-corrected chi connectivity index (χ0v) is 8.48. The van der Waals surface area contributed by atoms with Crippen LogP contribution in [0.5, 0.6) is 0 Å². The normalized spacial score (nSPS) is 14.7. The molecule has 0 saturated heterocycles. The highest BCUT2D eigenvalue weighted by Crippen LogP contribution is 2.07. The van der Waals surface area contributed by atoms with Crippen LogP contribution in [-0.2, 0) is 11.2 Å². The van der Waals surface area contributed by atoms with Crippen molar-refractivity contribution >= 4 is 5.78 Å². The molecule has 1 aromatic carbocycles. The van der Waals surface area contributed by atoms with Crippen molar-refractivity contribution in [1.29, 1.82) is 0 Å². The molecule has 3 nitrogen and oxygen atoms in total. The first-order valence-corrected chi connectivity index (χ1v) is 4.69. The molecule has 2 atom stereocenters. The van der Waals surface area contributed by atoms with E-state index in [0.717, 1.165) is 5.56 Å². The standard InChI is InChI=1S/C11H14FNO2/c1-7(14)11(15)10(13)6-8-2-4-9(12)5-3-8/h2-5,10-11,15H,6,13H2,1H3. The smallest absolute Gasteiger partial charge is 0.159 e. The highest BCUT2D eigenvalue weighted by molar-refractivity contribution is 5.80. The number of Topliss-reactive ketones (excluding diaryl/α,β-unsaturated/α-hetero) is 1. The molecule has 0 aliphatic rings. The fraction of sp³-hybridized carbons (Fsp3) is 0.364. The molecule has 0 aromatic heterocycles. The molecule has 82 valence electrons. The molecular formula is C11H14FNO2. The number of hydrogen-bond donors (Lipinski definition) is 2. The Morgan fingerprint density at radius 3 is 2.47 bits per heavy atom. The Morgan fingerprint density at radius 1 is 1.47 bits per heavy atom. The molecule has 0 amide bonds. The monoisotopic (exact) mass is 211 g/mol. The Hall–Kier alpha value is -1.26. The van der Waals surface area contributed by atoms with E-state index in [4.69, 9.17) is 5.73 Å². The molecule has 0 spiro atoms. The van der Waals surface area contributed by atoms with Crippen molar-refractivity contribution in [2.75, 3.05) is 0 Å². The number of benzene rings is 1. The molecule has 0 heterocycles. The van der Waals surface area contributed by atoms with E-state index >= 15 is 0 Å². The number of rotatable bonds is 4. The summed E-state index contributed by atoms with van der Waals surface area (Å²) in [6.45, 7) is 1.29. The Morgan fingerprint density at radius 2 is 2.00 bits per heavy atom. The van der Waals surface area contributed by atoms with E-state index in [1.807, 2.05) is 0 Å². The van der Waals surface area contributed by atoms with Gasteiger partial charge >= 0.3 is 0 Å². The van der Waals surface area contributed by atoms with Gasteiger partial charge < -0.3 is 10.8 Å². The number of ketones is 1. The second kappa shape index (κ2) is 5.00. The minimum atomic E-state index is -1.16. The lowest BCUT2D eigenvalue weighted by molar-refractivity contribution is -0.125. The second-order valence-electron chi connectivity index (χ2n) is 3.55. The Kier molecular flexibility index (Phi) is 3.94. The molecule has 1 aromatic rings. The van der Waals surface area contributed by atoms with Gasteiger partial charge in [0, 0.05) is 6.04 Å². The Balaban J connectivity index is 2.62. The Labute approximate surface area is 87.7 Å². The van der Waals surface area contributed by atoms with Crippen molar-refractivity contribution in [3.8, 4) is 0 Å². The topological polar surface area (TPSA) is 63.3 Å². The van der Waals surface area contributed by atoms with Crippen molar-refractivity contribution in [3.05, 3.63) is 35.6 Å². The van der Waals surface area contributed by atoms with E-state index in [1.54, 1.807) is 12.1 Å². The summed E-state index contributed by atoms with van der Waals surface area (Å²) in [5.74, 6) is -0.677. The third-order valence-corrected chi connectivity index (χ3v) is 2.21. The lowest BCUT2D eigenvalue weighted by Crippen LogP contribution is -2.40. The van der Waals surface area contributed by atoms with Crippen LogP contribution in [0.15, 0.2) is 24.3 Å². The number of aliphatic hydroxyl groups is 1. The van der Waals surface area contributed by atoms with Gasteiger partial charge in [0.05, 0.1) is 0 Å². The molecule has 0 bridgehead atoms. The molecule has 0 radical (unpaired) electrons. The summed E-state index contributed by atoms with van der Waals surface area (Å²) in [6.07, 6.45) is -0.809. The highest BCUT2D eigenvalue weighted by atomic mass is 19.1. The fourth-order valence-electron chi connectivity index (χ4n) is 1.31. The average Bonchev–Trinajstić information content (AvgIpc) is 2.20. The first-order valence-electron chi connectivity index (χ1n) is 4.69. The van der Waals surface area contributed by atoms with Crippen LogP contribution in [0, 0.1) is 5.82 Å². The highest BCUT2D eigenvalue weighted by Gasteiger charge is 2.19. The number of carbonyl (C=O) groups is 1. The predicted octanol–water partition coefficient (Wildman–Crippen LogP) is 0.645. The lowest BCUT2D eigenvalue weighted by Gasteiger charge is -2.15. The maximum absolute atomic E-state index is 12.6. The van der Waals surface area contributed by atoms with Crippen molar-refractivity contribution in [2.45, 2.75) is 25.5 Å².